The van der Waals surface area contributed by atoms with Gasteiger partial charge in [-0.25, -0.2) is 0 Å². The number of nitrogens with two attached hydrogens (primary N) is 1. The first-order chi connectivity index (χ1) is 8.03. The van der Waals surface area contributed by atoms with Crippen molar-refractivity contribution in [3.63, 3.8) is 0 Å². The zero-order valence-corrected chi connectivity index (χ0v) is 12.3. The first-order valence-electron chi connectivity index (χ1n) is 6.13. The van der Waals surface area contributed by atoms with Crippen molar-refractivity contribution in [1.29, 1.82) is 0 Å². The molecular weight excluding hydrogens is 252 g/mol. The van der Waals surface area contributed by atoms with Crippen molar-refractivity contribution in [1.82, 2.24) is 5.32 Å². The van der Waals surface area contributed by atoms with E-state index in [2.05, 4.69) is 5.32 Å². The van der Waals surface area contributed by atoms with Crippen molar-refractivity contribution in [2.45, 2.75) is 45.1 Å². The lowest BCUT2D eigenvalue weighted by Gasteiger charge is -2.35. The Kier molecular flexibility index (Phi) is 5.73. The molecule has 1 amide bonds. The molecule has 0 aliphatic heterocycles. The molecule has 1 saturated carbocycles. The van der Waals surface area contributed by atoms with Crippen molar-refractivity contribution in [2.75, 3.05) is 12.0 Å². The molecule has 1 unspecified atom stereocenters. The number of rotatable bonds is 5. The fourth-order valence-corrected chi connectivity index (χ4v) is 3.27. The maximum Gasteiger partial charge on any atom is 0.233 e. The van der Waals surface area contributed by atoms with Crippen LogP contribution in [0.3, 0.4) is 0 Å². The van der Waals surface area contributed by atoms with Crippen LogP contribution < -0.4 is 11.1 Å². The van der Waals surface area contributed by atoms with Crippen LogP contribution in [0.15, 0.2) is 0 Å². The minimum atomic E-state index is -0.583. The molecule has 1 aliphatic carbocycles. The van der Waals surface area contributed by atoms with Crippen LogP contribution >= 0.6 is 24.0 Å². The van der Waals surface area contributed by atoms with E-state index in [1.54, 1.807) is 11.8 Å². The molecule has 1 atom stereocenters. The van der Waals surface area contributed by atoms with E-state index in [9.17, 15) is 4.79 Å². The average molecular weight is 274 g/mol. The van der Waals surface area contributed by atoms with Gasteiger partial charge in [-0.3, -0.25) is 4.79 Å². The second-order valence-electron chi connectivity index (χ2n) is 4.84. The lowest BCUT2D eigenvalue weighted by atomic mass is 9.73. The van der Waals surface area contributed by atoms with E-state index < -0.39 is 5.41 Å². The maximum absolute atomic E-state index is 12.4. The summed E-state index contributed by atoms with van der Waals surface area (Å²) >= 11 is 6.86. The molecule has 0 heterocycles. The van der Waals surface area contributed by atoms with Crippen LogP contribution in [0.1, 0.15) is 39.0 Å². The van der Waals surface area contributed by atoms with Crippen LogP contribution in [0.2, 0.25) is 0 Å². The highest BCUT2D eigenvalue weighted by Gasteiger charge is 2.42. The molecular formula is C12H22N2OS2. The third-order valence-electron chi connectivity index (χ3n) is 3.41. The van der Waals surface area contributed by atoms with E-state index in [1.165, 1.54) is 6.42 Å². The van der Waals surface area contributed by atoms with Crippen molar-refractivity contribution >= 4 is 34.9 Å². The summed E-state index contributed by atoms with van der Waals surface area (Å²) in [7, 11) is 0. The molecule has 0 aromatic heterocycles. The first kappa shape index (κ1) is 14.8. The summed E-state index contributed by atoms with van der Waals surface area (Å²) in [5.41, 5.74) is 5.24. The highest BCUT2D eigenvalue weighted by atomic mass is 32.2. The fraction of sp³-hybridized carbons (Fsp3) is 0.833. The van der Waals surface area contributed by atoms with E-state index in [-0.39, 0.29) is 11.9 Å². The van der Waals surface area contributed by atoms with E-state index >= 15 is 0 Å². The Morgan fingerprint density at radius 2 is 2.06 bits per heavy atom. The topological polar surface area (TPSA) is 55.1 Å². The summed E-state index contributed by atoms with van der Waals surface area (Å²) in [6.07, 6.45) is 6.91. The Hall–Kier alpha value is -0.290. The molecule has 0 saturated heterocycles. The average Bonchev–Trinajstić information content (AvgIpc) is 2.29. The summed E-state index contributed by atoms with van der Waals surface area (Å²) in [6, 6.07) is 0.172. The molecule has 1 rings (SSSR count). The van der Waals surface area contributed by atoms with Crippen molar-refractivity contribution in [3.05, 3.63) is 0 Å². The zero-order valence-electron chi connectivity index (χ0n) is 10.6. The summed E-state index contributed by atoms with van der Waals surface area (Å²) in [6.45, 7) is 2.02. The molecule has 3 nitrogen and oxygen atoms in total. The number of thioether (sulfide) groups is 1. The number of amides is 1. The van der Waals surface area contributed by atoms with Gasteiger partial charge in [-0.05, 0) is 26.0 Å². The van der Waals surface area contributed by atoms with Gasteiger partial charge in [-0.1, -0.05) is 31.5 Å². The molecule has 17 heavy (non-hydrogen) atoms. The molecule has 0 spiro atoms. The van der Waals surface area contributed by atoms with E-state index in [0.29, 0.717) is 4.99 Å². The smallest absolute Gasteiger partial charge is 0.233 e. The minimum absolute atomic E-state index is 0.0336. The van der Waals surface area contributed by atoms with Crippen molar-refractivity contribution in [3.8, 4) is 0 Å². The fourth-order valence-electron chi connectivity index (χ4n) is 2.39. The summed E-state index contributed by atoms with van der Waals surface area (Å²) < 4.78 is 0. The minimum Gasteiger partial charge on any atom is -0.392 e. The van der Waals surface area contributed by atoms with Gasteiger partial charge in [0.2, 0.25) is 5.91 Å². The van der Waals surface area contributed by atoms with Gasteiger partial charge in [0.1, 0.15) is 0 Å². The van der Waals surface area contributed by atoms with Crippen LogP contribution in [0.25, 0.3) is 0 Å². The lowest BCUT2D eigenvalue weighted by Crippen LogP contribution is -2.52. The second kappa shape index (κ2) is 6.59. The molecule has 1 fully saturated rings. The summed E-state index contributed by atoms with van der Waals surface area (Å²) in [5, 5.41) is 3.05. The molecule has 1 aliphatic rings. The van der Waals surface area contributed by atoms with Crippen molar-refractivity contribution < 1.29 is 4.79 Å². The van der Waals surface area contributed by atoms with Gasteiger partial charge in [0.25, 0.3) is 0 Å². The van der Waals surface area contributed by atoms with E-state index in [4.69, 9.17) is 18.0 Å². The molecule has 98 valence electrons. The maximum atomic E-state index is 12.4. The Morgan fingerprint density at radius 3 is 2.53 bits per heavy atom. The SMILES string of the molecule is CSCC(C)NC(=O)C1(C(N)=S)CCCCC1. The van der Waals surface area contributed by atoms with Crippen LogP contribution in [0.5, 0.6) is 0 Å². The van der Waals surface area contributed by atoms with Gasteiger partial charge in [0, 0.05) is 11.8 Å². The highest BCUT2D eigenvalue weighted by molar-refractivity contribution is 7.98. The van der Waals surface area contributed by atoms with Crippen LogP contribution in [0.4, 0.5) is 0 Å². The number of nitrogens with one attached hydrogen (secondary N) is 1. The van der Waals surface area contributed by atoms with Gasteiger partial charge in [-0.15, -0.1) is 0 Å². The summed E-state index contributed by atoms with van der Waals surface area (Å²) in [5.74, 6) is 0.949. The van der Waals surface area contributed by atoms with Gasteiger partial charge in [0.05, 0.1) is 10.4 Å². The normalized spacial score (nSPS) is 20.6. The van der Waals surface area contributed by atoms with Crippen molar-refractivity contribution in [2.24, 2.45) is 11.1 Å². The van der Waals surface area contributed by atoms with Crippen LogP contribution in [-0.2, 0) is 4.79 Å². The number of carbonyl (C=O) groups excluding carboxylic acids is 1. The van der Waals surface area contributed by atoms with Gasteiger partial charge in [0.15, 0.2) is 0 Å². The van der Waals surface area contributed by atoms with Gasteiger partial charge < -0.3 is 11.1 Å². The molecule has 0 radical (unpaired) electrons. The van der Waals surface area contributed by atoms with E-state index in [1.807, 2.05) is 13.2 Å². The molecule has 0 bridgehead atoms. The largest absolute Gasteiger partial charge is 0.392 e. The molecule has 0 aromatic rings. The Bertz CT molecular complexity index is 288. The standard InChI is InChI=1S/C12H22N2OS2/c1-9(8-17-2)14-11(15)12(10(13)16)6-4-3-5-7-12/h9H,3-8H2,1-2H3,(H2,13,16)(H,14,15). The number of thiocarbonyl (C=S) groups is 1. The Balaban J connectivity index is 2.70. The Labute approximate surface area is 113 Å². The van der Waals surface area contributed by atoms with Gasteiger partial charge in [-0.2, -0.15) is 11.8 Å². The monoisotopic (exact) mass is 274 g/mol. The first-order valence-corrected chi connectivity index (χ1v) is 7.93. The third-order valence-corrected chi connectivity index (χ3v) is 4.63. The quantitative estimate of drug-likeness (QED) is 0.754. The predicted octanol–water partition coefficient (Wildman–Crippen LogP) is 2.09. The Morgan fingerprint density at radius 1 is 1.47 bits per heavy atom. The van der Waals surface area contributed by atoms with E-state index in [0.717, 1.165) is 31.4 Å². The lowest BCUT2D eigenvalue weighted by molar-refractivity contribution is -0.129. The number of hydrogen-bond acceptors (Lipinski definition) is 3. The third kappa shape index (κ3) is 3.58. The highest BCUT2D eigenvalue weighted by Crippen LogP contribution is 2.37. The zero-order chi connectivity index (χ0) is 12.9. The molecule has 5 heteroatoms. The van der Waals surface area contributed by atoms with Crippen LogP contribution in [-0.4, -0.2) is 28.9 Å². The van der Waals surface area contributed by atoms with Crippen LogP contribution in [0, 0.1) is 5.41 Å². The van der Waals surface area contributed by atoms with Gasteiger partial charge >= 0.3 is 0 Å². The number of carbonyl (C=O) groups is 1. The number of hydrogen-bond donors (Lipinski definition) is 2. The molecule has 3 N–H and O–H groups in total. The summed E-state index contributed by atoms with van der Waals surface area (Å²) in [4.78, 5) is 12.7. The predicted molar refractivity (Wildman–Crippen MR) is 78.3 cm³/mol. The second-order valence-corrected chi connectivity index (χ2v) is 6.19. The molecule has 0 aromatic carbocycles.